The van der Waals surface area contributed by atoms with Crippen LogP contribution in [0.5, 0.6) is 0 Å². The van der Waals surface area contributed by atoms with Crippen molar-refractivity contribution in [1.29, 1.82) is 0 Å². The lowest BCUT2D eigenvalue weighted by atomic mass is 10.2. The van der Waals surface area contributed by atoms with E-state index in [2.05, 4.69) is 15.5 Å². The molecule has 0 fully saturated rings. The average molecular weight is 263 g/mol. The smallest absolute Gasteiger partial charge is 0.152 e. The van der Waals surface area contributed by atoms with Crippen molar-refractivity contribution >= 4 is 0 Å². The van der Waals surface area contributed by atoms with E-state index in [0.29, 0.717) is 0 Å². The van der Waals surface area contributed by atoms with E-state index in [0.717, 1.165) is 55.5 Å². The predicted molar refractivity (Wildman–Crippen MR) is 73.8 cm³/mol. The van der Waals surface area contributed by atoms with E-state index in [1.165, 1.54) is 0 Å². The van der Waals surface area contributed by atoms with E-state index in [-0.39, 0.29) is 0 Å². The number of rotatable bonds is 8. The summed E-state index contributed by atoms with van der Waals surface area (Å²) in [6.07, 6.45) is 2.85. The average Bonchev–Trinajstić information content (AvgIpc) is 3.02. The highest BCUT2D eigenvalue weighted by molar-refractivity contribution is 5.56. The number of ether oxygens (including phenoxy) is 1. The molecule has 2 aromatic heterocycles. The van der Waals surface area contributed by atoms with Crippen LogP contribution in [0.3, 0.4) is 0 Å². The molecule has 0 aliphatic rings. The fraction of sp³-hybridized carbons (Fsp3) is 0.500. The fourth-order valence-corrected chi connectivity index (χ4v) is 1.89. The Labute approximate surface area is 113 Å². The van der Waals surface area contributed by atoms with Gasteiger partial charge in [0.1, 0.15) is 11.5 Å². The summed E-state index contributed by atoms with van der Waals surface area (Å²) in [5.41, 5.74) is 2.07. The van der Waals surface area contributed by atoms with Crippen LogP contribution >= 0.6 is 0 Å². The summed E-state index contributed by atoms with van der Waals surface area (Å²) in [4.78, 5) is 0. The van der Waals surface area contributed by atoms with Crippen molar-refractivity contribution in [3.8, 4) is 11.5 Å². The zero-order valence-electron chi connectivity index (χ0n) is 11.5. The molecule has 0 amide bonds. The Kier molecular flexibility index (Phi) is 5.18. The van der Waals surface area contributed by atoms with Gasteiger partial charge in [0.25, 0.3) is 0 Å². The standard InChI is InChI=1S/C14H21N3O2/c1-3-18-8-4-7-15-9-12-10-16-17-14(12)13-6-5-11(2)19-13/h5-6,10,15H,3-4,7-9H2,1-2H3,(H,16,17). The number of H-pyrrole nitrogens is 1. The molecule has 5 nitrogen and oxygen atoms in total. The van der Waals surface area contributed by atoms with E-state index in [9.17, 15) is 0 Å². The zero-order valence-corrected chi connectivity index (χ0v) is 11.5. The van der Waals surface area contributed by atoms with Gasteiger partial charge in [-0.1, -0.05) is 0 Å². The van der Waals surface area contributed by atoms with Gasteiger partial charge in [0.05, 0.1) is 6.20 Å². The Bertz CT molecular complexity index is 490. The molecule has 0 bridgehead atoms. The third kappa shape index (κ3) is 3.94. The molecule has 0 saturated heterocycles. The van der Waals surface area contributed by atoms with Gasteiger partial charge in [0.15, 0.2) is 5.76 Å². The molecule has 2 heterocycles. The molecular weight excluding hydrogens is 242 g/mol. The summed E-state index contributed by atoms with van der Waals surface area (Å²) in [7, 11) is 0. The van der Waals surface area contributed by atoms with Crippen molar-refractivity contribution in [1.82, 2.24) is 15.5 Å². The molecule has 0 atom stereocenters. The Morgan fingerprint density at radius 3 is 3.05 bits per heavy atom. The van der Waals surface area contributed by atoms with Crippen molar-refractivity contribution in [2.45, 2.75) is 26.8 Å². The van der Waals surface area contributed by atoms with Crippen molar-refractivity contribution in [2.75, 3.05) is 19.8 Å². The van der Waals surface area contributed by atoms with Crippen LogP contribution in [0.2, 0.25) is 0 Å². The van der Waals surface area contributed by atoms with Gasteiger partial charge in [-0.3, -0.25) is 5.10 Å². The first-order chi connectivity index (χ1) is 9.31. The molecule has 2 rings (SSSR count). The minimum atomic E-state index is 0.776. The fourth-order valence-electron chi connectivity index (χ4n) is 1.89. The summed E-state index contributed by atoms with van der Waals surface area (Å²) in [5, 5.41) is 10.5. The van der Waals surface area contributed by atoms with E-state index < -0.39 is 0 Å². The number of hydrogen-bond acceptors (Lipinski definition) is 4. The van der Waals surface area contributed by atoms with Crippen LogP contribution in [-0.4, -0.2) is 30.0 Å². The van der Waals surface area contributed by atoms with Crippen LogP contribution in [0, 0.1) is 6.92 Å². The van der Waals surface area contributed by atoms with Crippen molar-refractivity contribution < 1.29 is 9.15 Å². The maximum Gasteiger partial charge on any atom is 0.152 e. The SMILES string of the molecule is CCOCCCNCc1cn[nH]c1-c1ccc(C)o1. The van der Waals surface area contributed by atoms with Gasteiger partial charge in [-0.05, 0) is 38.9 Å². The first-order valence-corrected chi connectivity index (χ1v) is 6.68. The highest BCUT2D eigenvalue weighted by atomic mass is 16.5. The van der Waals surface area contributed by atoms with E-state index >= 15 is 0 Å². The number of hydrogen-bond donors (Lipinski definition) is 2. The van der Waals surface area contributed by atoms with Crippen LogP contribution in [0.15, 0.2) is 22.7 Å². The lowest BCUT2D eigenvalue weighted by molar-refractivity contribution is 0.144. The second kappa shape index (κ2) is 7.11. The number of aromatic amines is 1. The summed E-state index contributed by atoms with van der Waals surface area (Å²) in [6.45, 7) is 7.24. The van der Waals surface area contributed by atoms with Crippen molar-refractivity contribution in [3.63, 3.8) is 0 Å². The van der Waals surface area contributed by atoms with E-state index in [1.807, 2.05) is 32.2 Å². The normalized spacial score (nSPS) is 11.1. The first-order valence-electron chi connectivity index (χ1n) is 6.68. The van der Waals surface area contributed by atoms with Gasteiger partial charge in [-0.15, -0.1) is 0 Å². The zero-order chi connectivity index (χ0) is 13.5. The highest BCUT2D eigenvalue weighted by Gasteiger charge is 2.10. The van der Waals surface area contributed by atoms with Crippen LogP contribution < -0.4 is 5.32 Å². The van der Waals surface area contributed by atoms with Gasteiger partial charge in [-0.2, -0.15) is 5.10 Å². The Balaban J connectivity index is 1.83. The van der Waals surface area contributed by atoms with Crippen LogP contribution in [0.1, 0.15) is 24.7 Å². The van der Waals surface area contributed by atoms with Gasteiger partial charge in [-0.25, -0.2) is 0 Å². The second-order valence-corrected chi connectivity index (χ2v) is 4.41. The van der Waals surface area contributed by atoms with E-state index in [1.54, 1.807) is 0 Å². The molecule has 0 aliphatic carbocycles. The lowest BCUT2D eigenvalue weighted by Gasteiger charge is -2.04. The minimum Gasteiger partial charge on any atom is -0.460 e. The number of aryl methyl sites for hydroxylation is 1. The third-order valence-corrected chi connectivity index (χ3v) is 2.87. The quantitative estimate of drug-likeness (QED) is 0.718. The molecule has 2 aromatic rings. The Hall–Kier alpha value is -1.59. The molecule has 0 saturated carbocycles. The van der Waals surface area contributed by atoms with Crippen molar-refractivity contribution in [2.24, 2.45) is 0 Å². The van der Waals surface area contributed by atoms with Crippen molar-refractivity contribution in [3.05, 3.63) is 29.7 Å². The lowest BCUT2D eigenvalue weighted by Crippen LogP contribution is -2.16. The van der Waals surface area contributed by atoms with E-state index in [4.69, 9.17) is 9.15 Å². The van der Waals surface area contributed by atoms with Gasteiger partial charge in [0.2, 0.25) is 0 Å². The molecular formula is C14H21N3O2. The largest absolute Gasteiger partial charge is 0.460 e. The number of furan rings is 1. The number of aromatic nitrogens is 2. The molecule has 0 unspecified atom stereocenters. The topological polar surface area (TPSA) is 63.1 Å². The molecule has 0 radical (unpaired) electrons. The number of nitrogens with zero attached hydrogens (tertiary/aromatic N) is 1. The minimum absolute atomic E-state index is 0.776. The first kappa shape index (κ1) is 13.8. The van der Waals surface area contributed by atoms with Crippen LogP contribution in [0.4, 0.5) is 0 Å². The number of nitrogens with one attached hydrogen (secondary N) is 2. The molecule has 5 heteroatoms. The van der Waals surface area contributed by atoms with Gasteiger partial charge >= 0.3 is 0 Å². The summed E-state index contributed by atoms with van der Waals surface area (Å²) in [6, 6.07) is 3.91. The highest BCUT2D eigenvalue weighted by Crippen LogP contribution is 2.23. The van der Waals surface area contributed by atoms with Crippen LogP contribution in [-0.2, 0) is 11.3 Å². The Morgan fingerprint density at radius 1 is 1.42 bits per heavy atom. The van der Waals surface area contributed by atoms with Gasteiger partial charge < -0.3 is 14.5 Å². The summed E-state index contributed by atoms with van der Waals surface area (Å²) >= 11 is 0. The molecule has 104 valence electrons. The summed E-state index contributed by atoms with van der Waals surface area (Å²) in [5.74, 6) is 1.74. The van der Waals surface area contributed by atoms with Crippen LogP contribution in [0.25, 0.3) is 11.5 Å². The molecule has 2 N–H and O–H groups in total. The van der Waals surface area contributed by atoms with Gasteiger partial charge in [0, 0.05) is 25.3 Å². The molecule has 0 aromatic carbocycles. The monoisotopic (exact) mass is 263 g/mol. The maximum absolute atomic E-state index is 5.61. The molecule has 0 aliphatic heterocycles. The Morgan fingerprint density at radius 2 is 2.32 bits per heavy atom. The summed E-state index contributed by atoms with van der Waals surface area (Å²) < 4.78 is 10.9. The third-order valence-electron chi connectivity index (χ3n) is 2.87. The predicted octanol–water partition coefficient (Wildman–Crippen LogP) is 2.49. The second-order valence-electron chi connectivity index (χ2n) is 4.41. The maximum atomic E-state index is 5.61. The molecule has 19 heavy (non-hydrogen) atoms. The molecule has 0 spiro atoms.